The van der Waals surface area contributed by atoms with Gasteiger partial charge in [0, 0.05) is 24.8 Å². The van der Waals surface area contributed by atoms with Gasteiger partial charge in [-0.05, 0) is 19.4 Å². The fourth-order valence-electron chi connectivity index (χ4n) is 3.53. The maximum atomic E-state index is 13.3. The Labute approximate surface area is 165 Å². The average Bonchev–Trinajstić information content (AvgIpc) is 3.12. The molecule has 1 amide bonds. The lowest BCUT2D eigenvalue weighted by atomic mass is 10.1. The van der Waals surface area contributed by atoms with E-state index < -0.39 is 0 Å². The molecule has 0 N–H and O–H groups in total. The molecule has 2 heterocycles. The Morgan fingerprint density at radius 3 is 2.61 bits per heavy atom. The van der Waals surface area contributed by atoms with Crippen LogP contribution in [0.3, 0.4) is 0 Å². The number of hydrogen-bond acceptors (Lipinski definition) is 3. The predicted molar refractivity (Wildman–Crippen MR) is 109 cm³/mol. The second kappa shape index (κ2) is 7.98. The van der Waals surface area contributed by atoms with E-state index in [-0.39, 0.29) is 12.0 Å². The number of carbonyl (C=O) groups is 1. The molecule has 28 heavy (non-hydrogen) atoms. The topological polar surface area (TPSA) is 47.4 Å². The first-order chi connectivity index (χ1) is 13.6. The number of rotatable bonds is 4. The second-order valence-electron chi connectivity index (χ2n) is 7.37. The molecule has 0 radical (unpaired) electrons. The van der Waals surface area contributed by atoms with Gasteiger partial charge in [-0.15, -0.1) is 0 Å². The van der Waals surface area contributed by atoms with Gasteiger partial charge in [0.2, 0.25) is 0 Å². The molecule has 3 aromatic rings. The van der Waals surface area contributed by atoms with E-state index >= 15 is 0 Å². The van der Waals surface area contributed by atoms with Gasteiger partial charge in [-0.3, -0.25) is 9.48 Å². The summed E-state index contributed by atoms with van der Waals surface area (Å²) < 4.78 is 7.45. The molecule has 1 saturated heterocycles. The summed E-state index contributed by atoms with van der Waals surface area (Å²) in [6, 6.07) is 18.3. The molecular weight excluding hydrogens is 350 g/mol. The van der Waals surface area contributed by atoms with Gasteiger partial charge in [0.05, 0.1) is 24.8 Å². The predicted octanol–water partition coefficient (Wildman–Crippen LogP) is 3.77. The largest absolute Gasteiger partial charge is 0.375 e. The first kappa shape index (κ1) is 18.4. The third-order valence-corrected chi connectivity index (χ3v) is 5.03. The van der Waals surface area contributed by atoms with E-state index in [0.717, 1.165) is 16.8 Å². The fraction of sp³-hybridized carbons (Fsp3) is 0.304. The van der Waals surface area contributed by atoms with Crippen LogP contribution in [0.15, 0.2) is 60.8 Å². The van der Waals surface area contributed by atoms with Crippen LogP contribution in [-0.2, 0) is 11.3 Å². The van der Waals surface area contributed by atoms with E-state index in [1.807, 2.05) is 53.0 Å². The van der Waals surface area contributed by atoms with Crippen molar-refractivity contribution < 1.29 is 9.53 Å². The van der Waals surface area contributed by atoms with Crippen molar-refractivity contribution >= 4 is 5.91 Å². The Bertz CT molecular complexity index is 948. The zero-order chi connectivity index (χ0) is 19.5. The minimum Gasteiger partial charge on any atom is -0.375 e. The van der Waals surface area contributed by atoms with E-state index in [0.29, 0.717) is 31.8 Å². The minimum absolute atomic E-state index is 0.0186. The number of carbonyl (C=O) groups excluding carboxylic acids is 1. The van der Waals surface area contributed by atoms with Gasteiger partial charge < -0.3 is 9.64 Å². The molecule has 0 unspecified atom stereocenters. The van der Waals surface area contributed by atoms with Crippen LogP contribution in [0.1, 0.15) is 28.4 Å². The fourth-order valence-corrected chi connectivity index (χ4v) is 3.53. The first-order valence-corrected chi connectivity index (χ1v) is 9.69. The van der Waals surface area contributed by atoms with Crippen molar-refractivity contribution in [1.82, 2.24) is 14.7 Å². The van der Waals surface area contributed by atoms with Crippen LogP contribution in [0.5, 0.6) is 0 Å². The molecule has 1 aromatic heterocycles. The number of nitrogens with zero attached hydrogens (tertiary/aromatic N) is 3. The van der Waals surface area contributed by atoms with E-state index in [2.05, 4.69) is 31.2 Å². The Kier molecular flexibility index (Phi) is 5.26. The van der Waals surface area contributed by atoms with Gasteiger partial charge >= 0.3 is 0 Å². The lowest BCUT2D eigenvalue weighted by Gasteiger charge is -2.31. The third-order valence-electron chi connectivity index (χ3n) is 5.03. The molecule has 1 aliphatic heterocycles. The van der Waals surface area contributed by atoms with Crippen LogP contribution in [0.4, 0.5) is 0 Å². The summed E-state index contributed by atoms with van der Waals surface area (Å²) in [6.07, 6.45) is 1.94. The van der Waals surface area contributed by atoms with E-state index in [1.54, 1.807) is 0 Å². The maximum absolute atomic E-state index is 13.3. The quantitative estimate of drug-likeness (QED) is 0.697. The highest BCUT2D eigenvalue weighted by Crippen LogP contribution is 2.25. The summed E-state index contributed by atoms with van der Waals surface area (Å²) in [5.41, 5.74) is 4.68. The van der Waals surface area contributed by atoms with Crippen molar-refractivity contribution in [3.05, 3.63) is 77.5 Å². The maximum Gasteiger partial charge on any atom is 0.257 e. The Morgan fingerprint density at radius 1 is 1.14 bits per heavy atom. The van der Waals surface area contributed by atoms with E-state index in [9.17, 15) is 4.79 Å². The highest BCUT2D eigenvalue weighted by atomic mass is 16.5. The second-order valence-corrected chi connectivity index (χ2v) is 7.37. The Hall–Kier alpha value is -2.92. The number of amides is 1. The summed E-state index contributed by atoms with van der Waals surface area (Å²) in [4.78, 5) is 15.2. The zero-order valence-electron chi connectivity index (χ0n) is 16.3. The lowest BCUT2D eigenvalue weighted by molar-refractivity contribution is -0.0123. The number of hydrogen-bond donors (Lipinski definition) is 0. The first-order valence-electron chi connectivity index (χ1n) is 9.69. The van der Waals surface area contributed by atoms with Crippen LogP contribution in [0.25, 0.3) is 11.3 Å². The molecule has 0 bridgehead atoms. The number of benzene rings is 2. The molecule has 4 rings (SSSR count). The SMILES string of the molecule is Cc1ccc(-c2nn(Cc3ccccc3)cc2C(=O)N2CCO[C@H](C)C2)cc1. The highest BCUT2D eigenvalue weighted by molar-refractivity contribution is 5.99. The van der Waals surface area contributed by atoms with Gasteiger partial charge in [0.1, 0.15) is 5.69 Å². The molecule has 5 heteroatoms. The van der Waals surface area contributed by atoms with Crippen LogP contribution < -0.4 is 0 Å². The summed E-state index contributed by atoms with van der Waals surface area (Å²) in [7, 11) is 0. The molecule has 1 aliphatic rings. The number of aromatic nitrogens is 2. The summed E-state index contributed by atoms with van der Waals surface area (Å²) in [6.45, 7) is 6.48. The minimum atomic E-state index is 0.0186. The smallest absolute Gasteiger partial charge is 0.257 e. The van der Waals surface area contributed by atoms with Crippen LogP contribution in [0.2, 0.25) is 0 Å². The van der Waals surface area contributed by atoms with Crippen molar-refractivity contribution in [3.63, 3.8) is 0 Å². The average molecular weight is 375 g/mol. The van der Waals surface area contributed by atoms with E-state index in [1.165, 1.54) is 5.56 Å². The number of morpholine rings is 1. The van der Waals surface area contributed by atoms with Crippen molar-refractivity contribution in [2.75, 3.05) is 19.7 Å². The van der Waals surface area contributed by atoms with Gasteiger partial charge in [-0.25, -0.2) is 0 Å². The molecule has 1 fully saturated rings. The molecular formula is C23H25N3O2. The summed E-state index contributed by atoms with van der Waals surface area (Å²) in [5, 5.41) is 4.78. The normalized spacial score (nSPS) is 16.9. The monoisotopic (exact) mass is 375 g/mol. The van der Waals surface area contributed by atoms with Gasteiger partial charge in [-0.2, -0.15) is 5.10 Å². The molecule has 5 nitrogen and oxygen atoms in total. The van der Waals surface area contributed by atoms with Gasteiger partial charge in [0.15, 0.2) is 0 Å². The van der Waals surface area contributed by atoms with Gasteiger partial charge in [-0.1, -0.05) is 60.2 Å². The van der Waals surface area contributed by atoms with E-state index in [4.69, 9.17) is 9.84 Å². The van der Waals surface area contributed by atoms with Crippen molar-refractivity contribution in [2.45, 2.75) is 26.5 Å². The van der Waals surface area contributed by atoms with Crippen molar-refractivity contribution in [3.8, 4) is 11.3 Å². The van der Waals surface area contributed by atoms with Crippen LogP contribution >= 0.6 is 0 Å². The van der Waals surface area contributed by atoms with Crippen molar-refractivity contribution in [2.24, 2.45) is 0 Å². The molecule has 0 spiro atoms. The summed E-state index contributed by atoms with van der Waals surface area (Å²) in [5.74, 6) is 0.0186. The number of aryl methyl sites for hydroxylation is 1. The third kappa shape index (κ3) is 3.99. The lowest BCUT2D eigenvalue weighted by Crippen LogP contribution is -2.44. The number of ether oxygens (including phenoxy) is 1. The van der Waals surface area contributed by atoms with Gasteiger partial charge in [0.25, 0.3) is 5.91 Å². The molecule has 1 atom stereocenters. The van der Waals surface area contributed by atoms with Crippen LogP contribution in [-0.4, -0.2) is 46.4 Å². The molecule has 2 aromatic carbocycles. The Balaban J connectivity index is 1.70. The molecule has 144 valence electrons. The summed E-state index contributed by atoms with van der Waals surface area (Å²) >= 11 is 0. The molecule has 0 saturated carbocycles. The highest BCUT2D eigenvalue weighted by Gasteiger charge is 2.26. The zero-order valence-corrected chi connectivity index (χ0v) is 16.3. The van der Waals surface area contributed by atoms with Crippen LogP contribution in [0, 0.1) is 6.92 Å². The molecule has 0 aliphatic carbocycles. The Morgan fingerprint density at radius 2 is 1.89 bits per heavy atom. The standard InChI is InChI=1S/C23H25N3O2/c1-17-8-10-20(11-9-17)22-21(23(27)25-12-13-28-18(2)14-25)16-26(24-22)15-19-6-4-3-5-7-19/h3-11,16,18H,12-15H2,1-2H3/t18-/m1/s1. The van der Waals surface area contributed by atoms with Crippen molar-refractivity contribution in [1.29, 1.82) is 0 Å².